The maximum absolute atomic E-state index is 12.1. The summed E-state index contributed by atoms with van der Waals surface area (Å²) < 4.78 is 27.8. The number of fused-ring (bicyclic) bond motifs is 1. The van der Waals surface area contributed by atoms with Crippen LogP contribution in [-0.2, 0) is 22.9 Å². The first kappa shape index (κ1) is 12.6. The van der Waals surface area contributed by atoms with Crippen molar-refractivity contribution < 1.29 is 8.42 Å². The molecule has 1 N–H and O–H groups in total. The SMILES string of the molecule is O=S(=O)(Nc1nc2c(s1)CCC2)c1ccc(Br)s1. The predicted molar refractivity (Wildman–Crippen MR) is 77.0 cm³/mol. The van der Waals surface area contributed by atoms with Gasteiger partial charge < -0.3 is 0 Å². The monoisotopic (exact) mass is 364 g/mol. The van der Waals surface area contributed by atoms with Gasteiger partial charge in [0, 0.05) is 4.88 Å². The molecule has 1 aliphatic rings. The number of halogens is 1. The number of nitrogens with one attached hydrogen (secondary N) is 1. The summed E-state index contributed by atoms with van der Waals surface area (Å²) in [6.45, 7) is 0. The summed E-state index contributed by atoms with van der Waals surface area (Å²) in [5.74, 6) is 0. The highest BCUT2D eigenvalue weighted by atomic mass is 79.9. The van der Waals surface area contributed by atoms with Crippen LogP contribution >= 0.6 is 38.6 Å². The molecule has 0 unspecified atom stereocenters. The molecule has 0 atom stereocenters. The molecule has 96 valence electrons. The Bertz CT molecular complexity index is 668. The Hall–Kier alpha value is -0.440. The van der Waals surface area contributed by atoms with Crippen LogP contribution < -0.4 is 4.72 Å². The van der Waals surface area contributed by atoms with Crippen molar-refractivity contribution in [3.05, 3.63) is 26.5 Å². The Morgan fingerprint density at radius 1 is 1.28 bits per heavy atom. The fourth-order valence-corrected chi connectivity index (χ4v) is 6.14. The van der Waals surface area contributed by atoms with E-state index in [2.05, 4.69) is 25.6 Å². The summed E-state index contributed by atoms with van der Waals surface area (Å²) in [4.78, 5) is 5.54. The van der Waals surface area contributed by atoms with Crippen LogP contribution in [-0.4, -0.2) is 13.4 Å². The minimum absolute atomic E-state index is 0.296. The third-order valence-electron chi connectivity index (χ3n) is 2.63. The third-order valence-corrected chi connectivity index (χ3v) is 7.29. The Morgan fingerprint density at radius 2 is 2.11 bits per heavy atom. The van der Waals surface area contributed by atoms with Crippen LogP contribution in [0.15, 0.2) is 20.1 Å². The number of hydrogen-bond donors (Lipinski definition) is 1. The van der Waals surface area contributed by atoms with E-state index in [1.807, 2.05) is 0 Å². The average Bonchev–Trinajstić information content (AvgIpc) is 2.92. The molecule has 0 fully saturated rings. The van der Waals surface area contributed by atoms with Crippen molar-refractivity contribution in [3.8, 4) is 0 Å². The highest BCUT2D eigenvalue weighted by molar-refractivity contribution is 9.11. The molecule has 0 radical (unpaired) electrons. The molecule has 0 amide bonds. The fourth-order valence-electron chi connectivity index (χ4n) is 1.84. The number of thiazole rings is 1. The number of anilines is 1. The number of sulfonamides is 1. The lowest BCUT2D eigenvalue weighted by molar-refractivity contribution is 0.603. The van der Waals surface area contributed by atoms with Gasteiger partial charge >= 0.3 is 0 Å². The van der Waals surface area contributed by atoms with Gasteiger partial charge in [0.15, 0.2) is 5.13 Å². The van der Waals surface area contributed by atoms with Crippen molar-refractivity contribution in [2.24, 2.45) is 0 Å². The summed E-state index contributed by atoms with van der Waals surface area (Å²) in [6, 6.07) is 3.31. The van der Waals surface area contributed by atoms with Crippen molar-refractivity contribution in [1.29, 1.82) is 0 Å². The maximum atomic E-state index is 12.1. The highest BCUT2D eigenvalue weighted by Crippen LogP contribution is 2.33. The second-order valence-electron chi connectivity index (χ2n) is 3.91. The minimum Gasteiger partial charge on any atom is -0.254 e. The summed E-state index contributed by atoms with van der Waals surface area (Å²) in [5, 5.41) is 0.476. The summed E-state index contributed by atoms with van der Waals surface area (Å²) in [6.07, 6.45) is 3.09. The van der Waals surface area contributed by atoms with Crippen LogP contribution in [0.3, 0.4) is 0 Å². The van der Waals surface area contributed by atoms with Crippen molar-refractivity contribution >= 4 is 53.8 Å². The Balaban J connectivity index is 1.87. The van der Waals surface area contributed by atoms with Crippen LogP contribution in [0.2, 0.25) is 0 Å². The van der Waals surface area contributed by atoms with E-state index in [1.54, 1.807) is 12.1 Å². The van der Waals surface area contributed by atoms with Crippen LogP contribution in [0, 0.1) is 0 Å². The van der Waals surface area contributed by atoms with Crippen molar-refractivity contribution in [1.82, 2.24) is 4.98 Å². The molecule has 0 aromatic carbocycles. The predicted octanol–water partition coefficient (Wildman–Crippen LogP) is 3.26. The quantitative estimate of drug-likeness (QED) is 0.908. The molecule has 3 rings (SSSR count). The number of rotatable bonds is 3. The fraction of sp³-hybridized carbons (Fsp3) is 0.300. The molecule has 18 heavy (non-hydrogen) atoms. The first-order valence-corrected chi connectivity index (χ1v) is 9.22. The van der Waals surface area contributed by atoms with Gasteiger partial charge in [0.2, 0.25) is 0 Å². The largest absolute Gasteiger partial charge is 0.273 e. The van der Waals surface area contributed by atoms with Gasteiger partial charge in [-0.2, -0.15) is 0 Å². The first-order valence-electron chi connectivity index (χ1n) is 5.31. The van der Waals surface area contributed by atoms with Crippen molar-refractivity contribution in [2.45, 2.75) is 23.5 Å². The second-order valence-corrected chi connectivity index (χ2v) is 9.36. The lowest BCUT2D eigenvalue weighted by Crippen LogP contribution is -2.11. The smallest absolute Gasteiger partial charge is 0.254 e. The van der Waals surface area contributed by atoms with E-state index >= 15 is 0 Å². The lowest BCUT2D eigenvalue weighted by Gasteiger charge is -2.01. The molecular formula is C10H9BrN2O2S3. The topological polar surface area (TPSA) is 59.1 Å². The normalized spacial score (nSPS) is 14.7. The number of hydrogen-bond acceptors (Lipinski definition) is 5. The molecule has 0 saturated heterocycles. The van der Waals surface area contributed by atoms with E-state index in [0.717, 1.165) is 28.7 Å². The van der Waals surface area contributed by atoms with Gasteiger partial charge in [-0.15, -0.1) is 22.7 Å². The number of nitrogens with zero attached hydrogens (tertiary/aromatic N) is 1. The van der Waals surface area contributed by atoms with Gasteiger partial charge in [0.05, 0.1) is 9.48 Å². The Kier molecular flexibility index (Phi) is 3.21. The molecule has 2 heterocycles. The van der Waals surface area contributed by atoms with Crippen LogP contribution in [0.4, 0.5) is 5.13 Å². The average molecular weight is 365 g/mol. The van der Waals surface area contributed by atoms with Gasteiger partial charge in [-0.1, -0.05) is 0 Å². The molecule has 0 bridgehead atoms. The van der Waals surface area contributed by atoms with Crippen LogP contribution in [0.5, 0.6) is 0 Å². The molecule has 0 aliphatic heterocycles. The summed E-state index contributed by atoms with van der Waals surface area (Å²) in [7, 11) is -3.49. The van der Waals surface area contributed by atoms with Crippen molar-refractivity contribution in [2.75, 3.05) is 4.72 Å². The highest BCUT2D eigenvalue weighted by Gasteiger charge is 2.22. The zero-order valence-corrected chi connectivity index (χ0v) is 13.2. The minimum atomic E-state index is -3.49. The van der Waals surface area contributed by atoms with Gasteiger partial charge in [0.25, 0.3) is 10.0 Å². The Labute approximate surface area is 121 Å². The first-order chi connectivity index (χ1) is 8.54. The van der Waals surface area contributed by atoms with Gasteiger partial charge in [-0.25, -0.2) is 13.4 Å². The van der Waals surface area contributed by atoms with E-state index in [-0.39, 0.29) is 0 Å². The van der Waals surface area contributed by atoms with Crippen LogP contribution in [0.1, 0.15) is 17.0 Å². The zero-order valence-electron chi connectivity index (χ0n) is 9.14. The van der Waals surface area contributed by atoms with Gasteiger partial charge in [0.1, 0.15) is 4.21 Å². The van der Waals surface area contributed by atoms with E-state index in [9.17, 15) is 8.42 Å². The van der Waals surface area contributed by atoms with Gasteiger partial charge in [-0.05, 0) is 47.3 Å². The second kappa shape index (κ2) is 4.59. The molecule has 2 aromatic rings. The van der Waals surface area contributed by atoms with E-state index in [0.29, 0.717) is 9.34 Å². The Morgan fingerprint density at radius 3 is 2.78 bits per heavy atom. The molecular weight excluding hydrogens is 356 g/mol. The molecule has 2 aromatic heterocycles. The number of aromatic nitrogens is 1. The van der Waals surface area contributed by atoms with E-state index in [4.69, 9.17) is 0 Å². The standard InChI is InChI=1S/C10H9BrN2O2S3/c11-8-4-5-9(17-8)18(14,15)13-10-12-6-2-1-3-7(6)16-10/h4-5H,1-3H2,(H,12,13). The maximum Gasteiger partial charge on any atom is 0.273 e. The molecule has 4 nitrogen and oxygen atoms in total. The molecule has 0 spiro atoms. The number of aryl methyl sites for hydroxylation is 2. The van der Waals surface area contributed by atoms with Crippen LogP contribution in [0.25, 0.3) is 0 Å². The zero-order chi connectivity index (χ0) is 12.8. The lowest BCUT2D eigenvalue weighted by atomic mass is 10.4. The van der Waals surface area contributed by atoms with Gasteiger partial charge in [-0.3, -0.25) is 4.72 Å². The summed E-state index contributed by atoms with van der Waals surface area (Å²) in [5.41, 5.74) is 1.05. The molecule has 8 heteroatoms. The van der Waals surface area contributed by atoms with Crippen molar-refractivity contribution in [3.63, 3.8) is 0 Å². The molecule has 1 aliphatic carbocycles. The third kappa shape index (κ3) is 2.34. The van der Waals surface area contributed by atoms with E-state index in [1.165, 1.54) is 27.6 Å². The summed E-state index contributed by atoms with van der Waals surface area (Å²) >= 11 is 5.89. The molecule has 0 saturated carbocycles. The van der Waals surface area contributed by atoms with E-state index < -0.39 is 10.0 Å². The number of thiophene rings is 1.